The highest BCUT2D eigenvalue weighted by Crippen LogP contribution is 2.39. The van der Waals surface area contributed by atoms with Gasteiger partial charge < -0.3 is 9.80 Å². The Hall–Kier alpha value is -2.42. The van der Waals surface area contributed by atoms with Crippen LogP contribution in [-0.2, 0) is 22.6 Å². The van der Waals surface area contributed by atoms with Gasteiger partial charge in [0, 0.05) is 42.5 Å². The second-order valence-corrected chi connectivity index (χ2v) is 11.0. The zero-order valence-electron chi connectivity index (χ0n) is 20.7. The zero-order chi connectivity index (χ0) is 25.6. The lowest BCUT2D eigenvalue weighted by Crippen LogP contribution is -2.52. The van der Waals surface area contributed by atoms with Crippen molar-refractivity contribution in [2.45, 2.75) is 101 Å². The summed E-state index contributed by atoms with van der Waals surface area (Å²) in [5, 5.41) is 2.27. The van der Waals surface area contributed by atoms with E-state index in [9.17, 15) is 23.2 Å². The molecule has 36 heavy (non-hydrogen) atoms. The molecule has 2 aliphatic carbocycles. The first kappa shape index (κ1) is 25.2. The number of fused-ring (bicyclic) bond motifs is 1. The summed E-state index contributed by atoms with van der Waals surface area (Å²) in [5.74, 6) is -3.99. The first-order valence-electron chi connectivity index (χ1n) is 13.2. The molecule has 5 rings (SSSR count). The molecule has 0 aromatic heterocycles. The number of carbonyl (C=O) groups is 3. The summed E-state index contributed by atoms with van der Waals surface area (Å²) in [4.78, 5) is 40.4. The van der Waals surface area contributed by atoms with E-state index in [0.717, 1.165) is 25.7 Å². The van der Waals surface area contributed by atoms with Crippen LogP contribution in [-0.4, -0.2) is 58.6 Å². The maximum atomic E-state index is 15.7. The Bertz CT molecular complexity index is 1050. The van der Waals surface area contributed by atoms with Crippen molar-refractivity contribution >= 4 is 17.7 Å². The fourth-order valence-electron chi connectivity index (χ4n) is 6.76. The van der Waals surface area contributed by atoms with Crippen LogP contribution in [0.2, 0.25) is 0 Å². The second kappa shape index (κ2) is 9.80. The van der Waals surface area contributed by atoms with E-state index in [4.69, 9.17) is 0 Å². The summed E-state index contributed by atoms with van der Waals surface area (Å²) < 4.78 is 43.1. The predicted molar refractivity (Wildman–Crippen MR) is 127 cm³/mol. The third-order valence-electron chi connectivity index (χ3n) is 8.87. The fourth-order valence-corrected chi connectivity index (χ4v) is 6.76. The smallest absolute Gasteiger partial charge is 0.255 e. The van der Waals surface area contributed by atoms with Gasteiger partial charge in [0.15, 0.2) is 0 Å². The van der Waals surface area contributed by atoms with Crippen LogP contribution in [0, 0.1) is 11.7 Å². The van der Waals surface area contributed by atoms with Crippen molar-refractivity contribution in [2.24, 2.45) is 5.92 Å². The number of nitrogens with zero attached hydrogens (tertiary/aromatic N) is 2. The van der Waals surface area contributed by atoms with E-state index in [1.165, 1.54) is 4.90 Å². The van der Waals surface area contributed by atoms with Gasteiger partial charge in [-0.1, -0.05) is 18.9 Å². The summed E-state index contributed by atoms with van der Waals surface area (Å²) in [6, 6.07) is 2.91. The van der Waals surface area contributed by atoms with Crippen molar-refractivity contribution in [2.75, 3.05) is 7.05 Å². The van der Waals surface area contributed by atoms with Gasteiger partial charge in [0.1, 0.15) is 11.9 Å². The average molecular weight is 506 g/mol. The van der Waals surface area contributed by atoms with E-state index in [1.807, 2.05) is 7.05 Å². The van der Waals surface area contributed by atoms with Crippen LogP contribution in [0.4, 0.5) is 13.2 Å². The molecule has 0 spiro atoms. The first-order chi connectivity index (χ1) is 17.1. The largest absolute Gasteiger partial charge is 0.322 e. The summed E-state index contributed by atoms with van der Waals surface area (Å²) in [6.07, 6.45) is 5.81. The Labute approximate surface area is 209 Å². The van der Waals surface area contributed by atoms with Gasteiger partial charge in [0.25, 0.3) is 5.91 Å². The molecule has 1 N–H and O–H groups in total. The highest BCUT2D eigenvalue weighted by Gasteiger charge is 2.42. The third-order valence-corrected chi connectivity index (χ3v) is 8.87. The number of alkyl halides is 2. The van der Waals surface area contributed by atoms with Crippen LogP contribution in [0.5, 0.6) is 0 Å². The quantitative estimate of drug-likeness (QED) is 0.609. The van der Waals surface area contributed by atoms with Crippen LogP contribution in [0.3, 0.4) is 0 Å². The highest BCUT2D eigenvalue weighted by atomic mass is 19.3. The van der Waals surface area contributed by atoms with E-state index in [-0.39, 0.29) is 73.4 Å². The Morgan fingerprint density at radius 1 is 1.06 bits per heavy atom. The van der Waals surface area contributed by atoms with Crippen molar-refractivity contribution in [3.05, 3.63) is 34.6 Å². The van der Waals surface area contributed by atoms with Gasteiger partial charge in [0.05, 0.1) is 6.54 Å². The van der Waals surface area contributed by atoms with E-state index in [2.05, 4.69) is 10.2 Å². The van der Waals surface area contributed by atoms with Crippen LogP contribution >= 0.6 is 0 Å². The maximum absolute atomic E-state index is 15.7. The van der Waals surface area contributed by atoms with Gasteiger partial charge in [-0.15, -0.1) is 0 Å². The van der Waals surface area contributed by atoms with E-state index in [1.54, 1.807) is 12.1 Å². The number of nitrogens with one attached hydrogen (secondary N) is 1. The molecule has 2 heterocycles. The molecule has 3 fully saturated rings. The van der Waals surface area contributed by atoms with E-state index in [0.29, 0.717) is 30.4 Å². The van der Waals surface area contributed by atoms with Gasteiger partial charge in [-0.2, -0.15) is 0 Å². The monoisotopic (exact) mass is 505 g/mol. The minimum Gasteiger partial charge on any atom is -0.322 e. The lowest BCUT2D eigenvalue weighted by molar-refractivity contribution is -0.136. The van der Waals surface area contributed by atoms with Gasteiger partial charge in [-0.05, 0) is 63.1 Å². The third kappa shape index (κ3) is 4.78. The summed E-state index contributed by atoms with van der Waals surface area (Å²) in [7, 11) is 2.03. The molecule has 1 saturated heterocycles. The second-order valence-electron chi connectivity index (χ2n) is 11.0. The molecule has 2 aliphatic heterocycles. The minimum absolute atomic E-state index is 0.0183. The zero-order valence-corrected chi connectivity index (χ0v) is 20.7. The highest BCUT2D eigenvalue weighted by molar-refractivity contribution is 6.05. The van der Waals surface area contributed by atoms with Crippen LogP contribution < -0.4 is 5.32 Å². The summed E-state index contributed by atoms with van der Waals surface area (Å²) in [6.45, 7) is 0.0183. The molecule has 2 saturated carbocycles. The van der Waals surface area contributed by atoms with Crippen molar-refractivity contribution in [3.8, 4) is 0 Å². The van der Waals surface area contributed by atoms with Gasteiger partial charge in [0.2, 0.25) is 17.7 Å². The van der Waals surface area contributed by atoms with Gasteiger partial charge >= 0.3 is 0 Å². The Morgan fingerprint density at radius 3 is 2.50 bits per heavy atom. The average Bonchev–Trinajstić information content (AvgIpc) is 3.17. The molecule has 0 radical (unpaired) electrons. The molecular formula is C27H34F3N3O3. The van der Waals surface area contributed by atoms with Crippen molar-refractivity contribution < 1.29 is 27.6 Å². The van der Waals surface area contributed by atoms with E-state index >= 15 is 4.39 Å². The first-order valence-corrected chi connectivity index (χ1v) is 13.2. The van der Waals surface area contributed by atoms with E-state index < -0.39 is 17.9 Å². The maximum Gasteiger partial charge on any atom is 0.255 e. The van der Waals surface area contributed by atoms with Gasteiger partial charge in [-0.25, -0.2) is 13.2 Å². The Balaban J connectivity index is 1.30. The van der Waals surface area contributed by atoms with Crippen molar-refractivity contribution in [1.82, 2.24) is 15.1 Å². The number of rotatable bonds is 5. The molecular weight excluding hydrogens is 471 g/mol. The number of amides is 3. The van der Waals surface area contributed by atoms with Crippen LogP contribution in [0.15, 0.2) is 12.1 Å². The lowest BCUT2D eigenvalue weighted by atomic mass is 9.78. The lowest BCUT2D eigenvalue weighted by Gasteiger charge is -2.44. The number of benzene rings is 1. The molecule has 1 aromatic rings. The summed E-state index contributed by atoms with van der Waals surface area (Å²) >= 11 is 0. The molecule has 196 valence electrons. The molecule has 6 nitrogen and oxygen atoms in total. The van der Waals surface area contributed by atoms with Crippen molar-refractivity contribution in [1.29, 1.82) is 0 Å². The van der Waals surface area contributed by atoms with Crippen molar-refractivity contribution in [3.63, 3.8) is 0 Å². The number of hydrogen-bond donors (Lipinski definition) is 1. The number of imide groups is 1. The van der Waals surface area contributed by atoms with Gasteiger partial charge in [-0.3, -0.25) is 19.7 Å². The normalized spacial score (nSPS) is 29.0. The Morgan fingerprint density at radius 2 is 1.78 bits per heavy atom. The molecule has 9 heteroatoms. The number of carbonyl (C=O) groups excluding carboxylic acids is 3. The number of halogens is 3. The Kier molecular flexibility index (Phi) is 6.87. The number of hydrogen-bond acceptors (Lipinski definition) is 4. The SMILES string of the molecule is CN(C1CCC(F)(F)CC1)[C@H]1CCCC[C@@H]1Cc1ccc2c(c1F)CN(C1CCC(=O)NC1=O)C2=O. The minimum atomic E-state index is -2.56. The van der Waals surface area contributed by atoms with Crippen LogP contribution in [0.25, 0.3) is 0 Å². The molecule has 1 aromatic carbocycles. The van der Waals surface area contributed by atoms with Crippen LogP contribution in [0.1, 0.15) is 85.7 Å². The molecule has 4 aliphatic rings. The molecule has 1 unspecified atom stereocenters. The predicted octanol–water partition coefficient (Wildman–Crippen LogP) is 4.20. The summed E-state index contributed by atoms with van der Waals surface area (Å²) in [5.41, 5.74) is 1.16. The standard InChI is InChI=1S/C27H34F3N3O3/c1-32(18-10-12-27(29,30)13-11-18)21-5-3-2-4-16(21)14-17-6-7-19-20(24(17)28)15-33(26(19)36)22-8-9-23(34)31-25(22)35/h6-7,16,18,21-22H,2-5,8-15H2,1H3,(H,31,34,35)/t16-,21+,22?/m1/s1. The number of piperidine rings is 1. The molecule has 0 bridgehead atoms. The molecule has 3 atom stereocenters. The topological polar surface area (TPSA) is 69.7 Å². The molecule has 3 amide bonds. The fraction of sp³-hybridized carbons (Fsp3) is 0.667.